The van der Waals surface area contributed by atoms with Crippen molar-refractivity contribution >= 4 is 0 Å². The Bertz CT molecular complexity index is 299. The van der Waals surface area contributed by atoms with Crippen LogP contribution in [0.2, 0.25) is 0 Å². The molecule has 0 N–H and O–H groups in total. The second-order valence-corrected chi connectivity index (χ2v) is 4.25. The largest absolute Gasteiger partial charge is 0.490 e. The highest BCUT2D eigenvalue weighted by atomic mass is 16.5. The Morgan fingerprint density at radius 1 is 1.20 bits per heavy atom. The van der Waals surface area contributed by atoms with Gasteiger partial charge in [-0.2, -0.15) is 0 Å². The molecule has 0 unspecified atom stereocenters. The van der Waals surface area contributed by atoms with E-state index in [1.54, 1.807) is 0 Å². The first-order chi connectivity index (χ1) is 7.24. The van der Waals surface area contributed by atoms with Gasteiger partial charge in [0.05, 0.1) is 0 Å². The van der Waals surface area contributed by atoms with Gasteiger partial charge in [-0.15, -0.1) is 0 Å². The van der Waals surface area contributed by atoms with E-state index in [9.17, 15) is 0 Å². The molecule has 0 bridgehead atoms. The zero-order valence-corrected chi connectivity index (χ0v) is 9.28. The van der Waals surface area contributed by atoms with Crippen LogP contribution in [0, 0.1) is 14.0 Å². The summed E-state index contributed by atoms with van der Waals surface area (Å²) in [5.74, 6) is 0.989. The molecule has 0 amide bonds. The quantitative estimate of drug-likeness (QED) is 0.734. The number of rotatable bonds is 2. The average molecular weight is 204 g/mol. The zero-order valence-electron chi connectivity index (χ0n) is 9.28. The van der Waals surface area contributed by atoms with Crippen LogP contribution in [-0.2, 0) is 0 Å². The summed E-state index contributed by atoms with van der Waals surface area (Å²) >= 11 is 0. The molecule has 1 saturated heterocycles. The first-order valence-corrected chi connectivity index (χ1v) is 5.53. The summed E-state index contributed by atoms with van der Waals surface area (Å²) in [6.45, 7) is 4.16. The summed E-state index contributed by atoms with van der Waals surface area (Å²) in [4.78, 5) is 2.11. The molecule has 1 aromatic carbocycles. The molecule has 15 heavy (non-hydrogen) atoms. The maximum absolute atomic E-state index is 5.90. The van der Waals surface area contributed by atoms with Gasteiger partial charge in [0.25, 0.3) is 0 Å². The molecule has 0 atom stereocenters. The Morgan fingerprint density at radius 2 is 1.80 bits per heavy atom. The second kappa shape index (κ2) is 4.67. The van der Waals surface area contributed by atoms with E-state index < -0.39 is 0 Å². The standard InChI is InChI=1S/C13H18NO/c1-11-3-5-12(6-4-11)15-13-7-9-14(2)10-8-13/h3-6,13H,2,7-10H2,1H3. The normalized spacial score (nSPS) is 19.1. The van der Waals surface area contributed by atoms with Gasteiger partial charge in [0, 0.05) is 20.1 Å². The van der Waals surface area contributed by atoms with Crippen molar-refractivity contribution in [1.82, 2.24) is 4.90 Å². The van der Waals surface area contributed by atoms with Crippen LogP contribution >= 0.6 is 0 Å². The zero-order chi connectivity index (χ0) is 10.7. The van der Waals surface area contributed by atoms with Gasteiger partial charge in [-0.25, -0.2) is 0 Å². The third-order valence-electron chi connectivity index (χ3n) is 2.86. The Morgan fingerprint density at radius 3 is 2.40 bits per heavy atom. The van der Waals surface area contributed by atoms with Gasteiger partial charge in [0.1, 0.15) is 11.9 Å². The van der Waals surface area contributed by atoms with Crippen molar-refractivity contribution < 1.29 is 4.74 Å². The Kier molecular flexibility index (Phi) is 3.27. The van der Waals surface area contributed by atoms with E-state index in [1.807, 2.05) is 12.1 Å². The number of nitrogens with zero attached hydrogens (tertiary/aromatic N) is 1. The molecule has 0 spiro atoms. The van der Waals surface area contributed by atoms with E-state index >= 15 is 0 Å². The van der Waals surface area contributed by atoms with Crippen molar-refractivity contribution in [3.05, 3.63) is 36.9 Å². The maximum Gasteiger partial charge on any atom is 0.119 e. The highest BCUT2D eigenvalue weighted by molar-refractivity contribution is 5.26. The molecule has 1 aliphatic heterocycles. The molecule has 2 nitrogen and oxygen atoms in total. The SMILES string of the molecule is [CH2]N1CCC(Oc2ccc(C)cc2)CC1. The van der Waals surface area contributed by atoms with Crippen LogP contribution in [0.3, 0.4) is 0 Å². The van der Waals surface area contributed by atoms with Crippen LogP contribution in [0.25, 0.3) is 0 Å². The lowest BCUT2D eigenvalue weighted by atomic mass is 10.1. The molecule has 2 heteroatoms. The molecule has 1 radical (unpaired) electrons. The molecule has 0 aliphatic carbocycles. The van der Waals surface area contributed by atoms with E-state index in [0.717, 1.165) is 31.7 Å². The Labute approximate surface area is 91.9 Å². The molecule has 1 heterocycles. The number of hydrogen-bond donors (Lipinski definition) is 0. The van der Waals surface area contributed by atoms with Gasteiger partial charge >= 0.3 is 0 Å². The fourth-order valence-electron chi connectivity index (χ4n) is 1.84. The summed E-state index contributed by atoms with van der Waals surface area (Å²) in [6.07, 6.45) is 2.53. The Hall–Kier alpha value is -1.02. The van der Waals surface area contributed by atoms with Crippen molar-refractivity contribution in [3.63, 3.8) is 0 Å². The van der Waals surface area contributed by atoms with Gasteiger partial charge < -0.3 is 9.64 Å². The van der Waals surface area contributed by atoms with Crippen LogP contribution < -0.4 is 4.74 Å². The molecule has 1 fully saturated rings. The number of benzene rings is 1. The highest BCUT2D eigenvalue weighted by Crippen LogP contribution is 2.18. The molecule has 2 rings (SSSR count). The van der Waals surface area contributed by atoms with Crippen molar-refractivity contribution in [1.29, 1.82) is 0 Å². The minimum absolute atomic E-state index is 0.366. The van der Waals surface area contributed by atoms with Crippen LogP contribution in [0.5, 0.6) is 5.75 Å². The fraction of sp³-hybridized carbons (Fsp3) is 0.462. The highest BCUT2D eigenvalue weighted by Gasteiger charge is 2.17. The molecule has 81 valence electrons. The van der Waals surface area contributed by atoms with Gasteiger partial charge in [0.2, 0.25) is 0 Å². The minimum Gasteiger partial charge on any atom is -0.490 e. The van der Waals surface area contributed by atoms with E-state index in [1.165, 1.54) is 5.56 Å². The topological polar surface area (TPSA) is 12.5 Å². The van der Waals surface area contributed by atoms with Gasteiger partial charge in [0.15, 0.2) is 0 Å². The molecule has 1 aliphatic rings. The van der Waals surface area contributed by atoms with Crippen LogP contribution in [0.4, 0.5) is 0 Å². The van der Waals surface area contributed by atoms with Crippen molar-refractivity contribution in [2.24, 2.45) is 0 Å². The van der Waals surface area contributed by atoms with Gasteiger partial charge in [-0.1, -0.05) is 17.7 Å². The van der Waals surface area contributed by atoms with E-state index in [0.29, 0.717) is 6.10 Å². The predicted octanol–water partition coefficient (Wildman–Crippen LogP) is 2.63. The van der Waals surface area contributed by atoms with Crippen LogP contribution in [0.15, 0.2) is 24.3 Å². The molecule has 1 aromatic rings. The fourth-order valence-corrected chi connectivity index (χ4v) is 1.84. The second-order valence-electron chi connectivity index (χ2n) is 4.25. The van der Waals surface area contributed by atoms with E-state index in [4.69, 9.17) is 4.74 Å². The summed E-state index contributed by atoms with van der Waals surface area (Å²) in [5.41, 5.74) is 1.27. The van der Waals surface area contributed by atoms with Crippen LogP contribution in [-0.4, -0.2) is 24.1 Å². The average Bonchev–Trinajstić information content (AvgIpc) is 2.25. The first kappa shape index (κ1) is 10.5. The Balaban J connectivity index is 1.89. The van der Waals surface area contributed by atoms with E-state index in [2.05, 4.69) is 31.0 Å². The monoisotopic (exact) mass is 204 g/mol. The van der Waals surface area contributed by atoms with E-state index in [-0.39, 0.29) is 0 Å². The van der Waals surface area contributed by atoms with Crippen molar-refractivity contribution in [3.8, 4) is 5.75 Å². The number of piperidine rings is 1. The lowest BCUT2D eigenvalue weighted by molar-refractivity contribution is 0.122. The smallest absolute Gasteiger partial charge is 0.119 e. The summed E-state index contributed by atoms with van der Waals surface area (Å²) < 4.78 is 5.90. The number of aryl methyl sites for hydroxylation is 1. The summed E-state index contributed by atoms with van der Waals surface area (Å²) in [5, 5.41) is 0. The lowest BCUT2D eigenvalue weighted by Gasteiger charge is -2.29. The molecular weight excluding hydrogens is 186 g/mol. The third-order valence-corrected chi connectivity index (χ3v) is 2.86. The predicted molar refractivity (Wildman–Crippen MR) is 61.8 cm³/mol. The van der Waals surface area contributed by atoms with Gasteiger partial charge in [-0.3, -0.25) is 0 Å². The lowest BCUT2D eigenvalue weighted by Crippen LogP contribution is -2.34. The third kappa shape index (κ3) is 2.96. The minimum atomic E-state index is 0.366. The number of likely N-dealkylation sites (tertiary alicyclic amines) is 1. The van der Waals surface area contributed by atoms with Crippen molar-refractivity contribution in [2.45, 2.75) is 25.9 Å². The summed E-state index contributed by atoms with van der Waals surface area (Å²) in [7, 11) is 3.93. The molecule has 0 saturated carbocycles. The number of hydrogen-bond acceptors (Lipinski definition) is 2. The maximum atomic E-state index is 5.90. The molecular formula is C13H18NO. The van der Waals surface area contributed by atoms with Crippen molar-refractivity contribution in [2.75, 3.05) is 13.1 Å². The van der Waals surface area contributed by atoms with Gasteiger partial charge in [-0.05, 0) is 31.9 Å². The summed E-state index contributed by atoms with van der Waals surface area (Å²) in [6, 6.07) is 8.27. The number of ether oxygens (including phenoxy) is 1. The first-order valence-electron chi connectivity index (χ1n) is 5.53. The molecule has 0 aromatic heterocycles. The van der Waals surface area contributed by atoms with Crippen LogP contribution in [0.1, 0.15) is 18.4 Å².